The van der Waals surface area contributed by atoms with E-state index < -0.39 is 10.0 Å². The summed E-state index contributed by atoms with van der Waals surface area (Å²) in [4.78, 5) is 7.11. The monoisotopic (exact) mass is 560 g/mol. The quantitative estimate of drug-likeness (QED) is 0.237. The molecule has 0 aromatic heterocycles. The zero-order chi connectivity index (χ0) is 21.3. The van der Waals surface area contributed by atoms with Gasteiger partial charge in [0, 0.05) is 53.0 Å². The topological polar surface area (TPSA) is 83.5 Å². The number of methoxy groups -OCH3 is 1. The first-order valence-corrected chi connectivity index (χ1v) is 12.5. The predicted molar refractivity (Wildman–Crippen MR) is 132 cm³/mol. The number of piperazine rings is 1. The Morgan fingerprint density at radius 1 is 1.17 bits per heavy atom. The van der Waals surface area contributed by atoms with Crippen LogP contribution in [-0.4, -0.2) is 95.0 Å². The van der Waals surface area contributed by atoms with E-state index in [1.54, 1.807) is 11.4 Å². The van der Waals surface area contributed by atoms with E-state index in [9.17, 15) is 8.42 Å². The fraction of sp³-hybridized carbons (Fsp3) is 0.950. The number of guanidine groups is 1. The van der Waals surface area contributed by atoms with E-state index >= 15 is 0 Å². The van der Waals surface area contributed by atoms with Crippen LogP contribution in [0.15, 0.2) is 4.99 Å². The van der Waals surface area contributed by atoms with Gasteiger partial charge in [-0.25, -0.2) is 8.42 Å². The molecule has 1 saturated carbocycles. The van der Waals surface area contributed by atoms with Crippen molar-refractivity contribution in [3.8, 4) is 0 Å². The maximum absolute atomic E-state index is 12.5. The lowest BCUT2D eigenvalue weighted by Gasteiger charge is -2.41. The summed E-state index contributed by atoms with van der Waals surface area (Å²) in [5, 5.41) is 3.39. The minimum Gasteiger partial charge on any atom is -0.385 e. The molecule has 1 aliphatic heterocycles. The predicted octanol–water partition coefficient (Wildman–Crippen LogP) is 2.15. The molecular weight excluding hydrogens is 519 g/mol. The molecule has 0 aromatic rings. The highest BCUT2D eigenvalue weighted by Crippen LogP contribution is 2.44. The van der Waals surface area contributed by atoms with Gasteiger partial charge in [-0.1, -0.05) is 6.42 Å². The molecule has 0 bridgehead atoms. The number of rotatable bonds is 11. The normalized spacial score (nSPS) is 20.0. The molecule has 2 rings (SSSR count). The molecular formula is C20H41IN4O4S. The molecule has 2 aliphatic rings. The van der Waals surface area contributed by atoms with E-state index in [1.807, 2.05) is 13.8 Å². The van der Waals surface area contributed by atoms with Crippen LogP contribution >= 0.6 is 24.0 Å². The van der Waals surface area contributed by atoms with E-state index in [4.69, 9.17) is 14.5 Å². The third-order valence-corrected chi connectivity index (χ3v) is 7.71. The van der Waals surface area contributed by atoms with Gasteiger partial charge in [-0.2, -0.15) is 4.31 Å². The molecule has 178 valence electrons. The first kappa shape index (κ1) is 27.9. The lowest BCUT2D eigenvalue weighted by atomic mass is 9.67. The van der Waals surface area contributed by atoms with Crippen LogP contribution in [0.4, 0.5) is 0 Å². The Balaban J connectivity index is 0.00000450. The number of hydrogen-bond donors (Lipinski definition) is 1. The van der Waals surface area contributed by atoms with Crippen LogP contribution < -0.4 is 5.32 Å². The van der Waals surface area contributed by atoms with Crippen LogP contribution in [0.1, 0.15) is 46.5 Å². The van der Waals surface area contributed by atoms with Gasteiger partial charge in [0.1, 0.15) is 0 Å². The van der Waals surface area contributed by atoms with Crippen LogP contribution in [0.2, 0.25) is 0 Å². The highest BCUT2D eigenvalue weighted by Gasteiger charge is 2.36. The minimum atomic E-state index is -3.27. The number of nitrogens with one attached hydrogen (secondary N) is 1. The van der Waals surface area contributed by atoms with Crippen molar-refractivity contribution in [2.45, 2.75) is 52.6 Å². The highest BCUT2D eigenvalue weighted by molar-refractivity contribution is 14.0. The van der Waals surface area contributed by atoms with Gasteiger partial charge in [0.05, 0.1) is 18.5 Å². The average molecular weight is 561 g/mol. The van der Waals surface area contributed by atoms with Gasteiger partial charge in [-0.3, -0.25) is 4.99 Å². The van der Waals surface area contributed by atoms with Crippen molar-refractivity contribution in [1.82, 2.24) is 14.5 Å². The Labute approximate surface area is 200 Å². The summed E-state index contributed by atoms with van der Waals surface area (Å²) < 4.78 is 37.4. The van der Waals surface area contributed by atoms with Gasteiger partial charge in [0.15, 0.2) is 5.96 Å². The molecule has 2 fully saturated rings. The fourth-order valence-electron chi connectivity index (χ4n) is 3.85. The molecule has 1 saturated heterocycles. The molecule has 1 aliphatic carbocycles. The first-order valence-electron chi connectivity index (χ1n) is 10.9. The number of aliphatic imine (C=N–C) groups is 1. The van der Waals surface area contributed by atoms with Crippen molar-refractivity contribution in [2.24, 2.45) is 10.4 Å². The molecule has 30 heavy (non-hydrogen) atoms. The molecule has 10 heteroatoms. The molecule has 0 aromatic carbocycles. The number of halogens is 1. The third-order valence-electron chi connectivity index (χ3n) is 5.87. The number of sulfonamides is 1. The summed E-state index contributed by atoms with van der Waals surface area (Å²) in [6.45, 7) is 10.8. The number of ether oxygens (including phenoxy) is 2. The largest absolute Gasteiger partial charge is 0.385 e. The smallest absolute Gasteiger partial charge is 0.216 e. The minimum absolute atomic E-state index is 0. The van der Waals surface area contributed by atoms with Gasteiger partial charge in [-0.05, 0) is 45.4 Å². The average Bonchev–Trinajstić information content (AvgIpc) is 2.65. The second-order valence-electron chi connectivity index (χ2n) is 8.39. The van der Waals surface area contributed by atoms with Gasteiger partial charge >= 0.3 is 0 Å². The lowest BCUT2D eigenvalue weighted by Crippen LogP contribution is -2.54. The van der Waals surface area contributed by atoms with Gasteiger partial charge in [0.2, 0.25) is 10.0 Å². The van der Waals surface area contributed by atoms with E-state index in [-0.39, 0.29) is 47.9 Å². The SMILES string of the molecule is CCNC(=NCC1(CCOC)CCC1)N1CCN(S(=O)(=O)CCOC(C)C)CC1.I. The number of hydrogen-bond acceptors (Lipinski definition) is 5. The van der Waals surface area contributed by atoms with Crippen LogP contribution in [0.25, 0.3) is 0 Å². The number of nitrogens with zero attached hydrogens (tertiary/aromatic N) is 3. The second-order valence-corrected chi connectivity index (χ2v) is 10.5. The summed E-state index contributed by atoms with van der Waals surface area (Å²) >= 11 is 0. The molecule has 0 amide bonds. The van der Waals surface area contributed by atoms with Crippen molar-refractivity contribution < 1.29 is 17.9 Å². The standard InChI is InChI=1S/C20H40N4O4S.HI/c1-5-21-19(22-17-20(7-6-8-20)9-14-27-4)23-10-12-24(13-11-23)29(25,26)16-15-28-18(2)3;/h18H,5-17H2,1-4H3,(H,21,22);1H. The Morgan fingerprint density at radius 3 is 2.33 bits per heavy atom. The molecule has 0 atom stereocenters. The van der Waals surface area contributed by atoms with E-state index in [0.717, 1.165) is 32.1 Å². The molecule has 0 radical (unpaired) electrons. The Morgan fingerprint density at radius 2 is 1.83 bits per heavy atom. The summed E-state index contributed by atoms with van der Waals surface area (Å²) in [6.07, 6.45) is 4.79. The molecule has 0 unspecified atom stereocenters. The molecule has 8 nitrogen and oxygen atoms in total. The third kappa shape index (κ3) is 8.40. The zero-order valence-electron chi connectivity index (χ0n) is 19.1. The van der Waals surface area contributed by atoms with Gasteiger partial charge in [0.25, 0.3) is 0 Å². The Kier molecular flexibility index (Phi) is 12.4. The Hall–Kier alpha value is -0.170. The van der Waals surface area contributed by atoms with Crippen LogP contribution in [0, 0.1) is 5.41 Å². The van der Waals surface area contributed by atoms with Gasteiger partial charge in [-0.15, -0.1) is 24.0 Å². The maximum atomic E-state index is 12.5. The lowest BCUT2D eigenvalue weighted by molar-refractivity contribution is 0.0775. The van der Waals surface area contributed by atoms with Gasteiger partial charge < -0.3 is 19.7 Å². The Bertz CT molecular complexity index is 618. The van der Waals surface area contributed by atoms with Crippen molar-refractivity contribution in [3.05, 3.63) is 0 Å². The van der Waals surface area contributed by atoms with Crippen molar-refractivity contribution in [1.29, 1.82) is 0 Å². The summed E-state index contributed by atoms with van der Waals surface area (Å²) in [6, 6.07) is 0. The van der Waals surface area contributed by atoms with E-state index in [1.165, 1.54) is 19.3 Å². The van der Waals surface area contributed by atoms with Crippen molar-refractivity contribution >= 4 is 40.0 Å². The molecule has 1 N–H and O–H groups in total. The first-order chi connectivity index (χ1) is 13.8. The molecule has 0 spiro atoms. The van der Waals surface area contributed by atoms with Crippen LogP contribution in [0.5, 0.6) is 0 Å². The molecule has 1 heterocycles. The van der Waals surface area contributed by atoms with E-state index in [2.05, 4.69) is 17.1 Å². The van der Waals surface area contributed by atoms with Crippen LogP contribution in [-0.2, 0) is 19.5 Å². The summed E-state index contributed by atoms with van der Waals surface area (Å²) in [7, 11) is -1.52. The van der Waals surface area contributed by atoms with Crippen molar-refractivity contribution in [2.75, 3.05) is 65.3 Å². The van der Waals surface area contributed by atoms with E-state index in [0.29, 0.717) is 26.2 Å². The summed E-state index contributed by atoms with van der Waals surface area (Å²) in [5.41, 5.74) is 0.276. The van der Waals surface area contributed by atoms with Crippen LogP contribution in [0.3, 0.4) is 0 Å². The zero-order valence-corrected chi connectivity index (χ0v) is 22.2. The fourth-order valence-corrected chi connectivity index (χ4v) is 5.13. The van der Waals surface area contributed by atoms with Crippen molar-refractivity contribution in [3.63, 3.8) is 0 Å². The maximum Gasteiger partial charge on any atom is 0.216 e. The highest BCUT2D eigenvalue weighted by atomic mass is 127. The second kappa shape index (κ2) is 13.4. The summed E-state index contributed by atoms with van der Waals surface area (Å²) in [5.74, 6) is 0.942.